The molecule has 1 N–H and O–H groups in total. The number of aromatic nitrogens is 2. The maximum atomic E-state index is 4.11. The summed E-state index contributed by atoms with van der Waals surface area (Å²) in [6.07, 6.45) is 5.93. The van der Waals surface area contributed by atoms with E-state index >= 15 is 0 Å². The number of halogens is 1. The number of aromatic amines is 1. The summed E-state index contributed by atoms with van der Waals surface area (Å²) < 4.78 is 0. The molecular formula is C12H16ClN3. The van der Waals surface area contributed by atoms with Crippen molar-refractivity contribution in [3.05, 3.63) is 24.4 Å². The van der Waals surface area contributed by atoms with Gasteiger partial charge in [0.1, 0.15) is 0 Å². The Morgan fingerprint density at radius 2 is 1.94 bits per heavy atom. The Hall–Kier alpha value is -1.22. The molecule has 0 atom stereocenters. The van der Waals surface area contributed by atoms with Crippen molar-refractivity contribution >= 4 is 29.0 Å². The molecule has 1 aliphatic heterocycles. The number of piperidine rings is 1. The van der Waals surface area contributed by atoms with Crippen LogP contribution < -0.4 is 4.90 Å². The van der Waals surface area contributed by atoms with Crippen molar-refractivity contribution in [2.45, 2.75) is 19.3 Å². The van der Waals surface area contributed by atoms with Gasteiger partial charge < -0.3 is 4.90 Å². The van der Waals surface area contributed by atoms with Crippen LogP contribution in [0.3, 0.4) is 0 Å². The number of H-pyrrole nitrogens is 1. The minimum absolute atomic E-state index is 0. The molecule has 0 aliphatic carbocycles. The third kappa shape index (κ3) is 1.87. The van der Waals surface area contributed by atoms with Gasteiger partial charge in [0.25, 0.3) is 0 Å². The van der Waals surface area contributed by atoms with Gasteiger partial charge in [-0.1, -0.05) is 6.07 Å². The second-order valence-electron chi connectivity index (χ2n) is 4.16. The van der Waals surface area contributed by atoms with Crippen molar-refractivity contribution in [2.24, 2.45) is 0 Å². The van der Waals surface area contributed by atoms with Crippen LogP contribution in [-0.4, -0.2) is 23.3 Å². The number of hydrogen-bond donors (Lipinski definition) is 1. The van der Waals surface area contributed by atoms with Gasteiger partial charge in [-0.25, -0.2) is 0 Å². The highest BCUT2D eigenvalue weighted by atomic mass is 35.5. The number of rotatable bonds is 1. The lowest BCUT2D eigenvalue weighted by Gasteiger charge is -2.29. The van der Waals surface area contributed by atoms with Crippen molar-refractivity contribution < 1.29 is 0 Å². The van der Waals surface area contributed by atoms with Gasteiger partial charge in [-0.05, 0) is 31.4 Å². The molecule has 0 unspecified atom stereocenters. The molecule has 0 spiro atoms. The van der Waals surface area contributed by atoms with E-state index in [1.807, 2.05) is 6.20 Å². The van der Waals surface area contributed by atoms with Crippen LogP contribution in [-0.2, 0) is 0 Å². The first kappa shape index (κ1) is 11.3. The fourth-order valence-electron chi connectivity index (χ4n) is 2.36. The Balaban J connectivity index is 0.000000963. The van der Waals surface area contributed by atoms with Gasteiger partial charge in [0.15, 0.2) is 0 Å². The largest absolute Gasteiger partial charge is 0.371 e. The zero-order valence-corrected chi connectivity index (χ0v) is 9.96. The van der Waals surface area contributed by atoms with Crippen LogP contribution >= 0.6 is 12.4 Å². The summed E-state index contributed by atoms with van der Waals surface area (Å²) in [5.41, 5.74) is 2.47. The lowest BCUT2D eigenvalue weighted by atomic mass is 10.1. The molecule has 16 heavy (non-hydrogen) atoms. The lowest BCUT2D eigenvalue weighted by molar-refractivity contribution is 0.579. The number of hydrogen-bond acceptors (Lipinski definition) is 2. The number of nitrogens with zero attached hydrogens (tertiary/aromatic N) is 2. The molecule has 3 nitrogen and oxygen atoms in total. The minimum atomic E-state index is 0. The van der Waals surface area contributed by atoms with Crippen molar-refractivity contribution in [3.63, 3.8) is 0 Å². The van der Waals surface area contributed by atoms with E-state index in [1.165, 1.54) is 43.4 Å². The predicted molar refractivity (Wildman–Crippen MR) is 69.4 cm³/mol. The van der Waals surface area contributed by atoms with E-state index in [-0.39, 0.29) is 12.4 Å². The first-order valence-corrected chi connectivity index (χ1v) is 5.62. The molecule has 0 bridgehead atoms. The average Bonchev–Trinajstić information content (AvgIpc) is 2.78. The lowest BCUT2D eigenvalue weighted by Crippen LogP contribution is -2.29. The quantitative estimate of drug-likeness (QED) is 0.827. The highest BCUT2D eigenvalue weighted by Gasteiger charge is 2.13. The van der Waals surface area contributed by atoms with E-state index < -0.39 is 0 Å². The van der Waals surface area contributed by atoms with E-state index in [0.29, 0.717) is 0 Å². The molecule has 1 aromatic heterocycles. The van der Waals surface area contributed by atoms with Crippen LogP contribution in [0.5, 0.6) is 0 Å². The zero-order valence-electron chi connectivity index (χ0n) is 9.15. The molecule has 4 heteroatoms. The van der Waals surface area contributed by atoms with Crippen LogP contribution in [0.25, 0.3) is 10.9 Å². The Bertz CT molecular complexity index is 460. The average molecular weight is 238 g/mol. The maximum Gasteiger partial charge on any atom is 0.0671 e. The second kappa shape index (κ2) is 4.74. The normalized spacial score (nSPS) is 16.1. The molecule has 0 radical (unpaired) electrons. The minimum Gasteiger partial charge on any atom is -0.371 e. The molecule has 2 heterocycles. The van der Waals surface area contributed by atoms with Gasteiger partial charge in [-0.2, -0.15) is 5.10 Å². The molecule has 0 amide bonds. The topological polar surface area (TPSA) is 31.9 Å². The van der Waals surface area contributed by atoms with Crippen LogP contribution in [0, 0.1) is 0 Å². The van der Waals surface area contributed by atoms with E-state index in [1.54, 1.807) is 0 Å². The summed E-state index contributed by atoms with van der Waals surface area (Å²) in [6.45, 7) is 2.37. The number of fused-ring (bicyclic) bond motifs is 1. The number of anilines is 1. The van der Waals surface area contributed by atoms with Crippen molar-refractivity contribution in [1.29, 1.82) is 0 Å². The summed E-state index contributed by atoms with van der Waals surface area (Å²) in [4.78, 5) is 2.47. The molecule has 1 aromatic carbocycles. The Kier molecular flexibility index (Phi) is 3.34. The molecular weight excluding hydrogens is 222 g/mol. The smallest absolute Gasteiger partial charge is 0.0671 e. The Morgan fingerprint density at radius 3 is 2.75 bits per heavy atom. The standard InChI is InChI=1S/C12H15N3.ClH/c1-2-7-15(8-3-1)12-6-4-5-11-10(12)9-13-14-11;/h4-6,9H,1-3,7-8H2,(H,13,14);1H. The van der Waals surface area contributed by atoms with Crippen molar-refractivity contribution in [1.82, 2.24) is 10.2 Å². The van der Waals surface area contributed by atoms with Crippen LogP contribution in [0.1, 0.15) is 19.3 Å². The highest BCUT2D eigenvalue weighted by Crippen LogP contribution is 2.27. The molecule has 86 valence electrons. The maximum absolute atomic E-state index is 4.11. The van der Waals surface area contributed by atoms with Crippen molar-refractivity contribution in [2.75, 3.05) is 18.0 Å². The van der Waals surface area contributed by atoms with E-state index in [0.717, 1.165) is 5.52 Å². The van der Waals surface area contributed by atoms with E-state index in [4.69, 9.17) is 0 Å². The molecule has 1 aliphatic rings. The first-order chi connectivity index (χ1) is 7.45. The van der Waals surface area contributed by atoms with Crippen LogP contribution in [0.15, 0.2) is 24.4 Å². The summed E-state index contributed by atoms with van der Waals surface area (Å²) >= 11 is 0. The molecule has 2 aromatic rings. The van der Waals surface area contributed by atoms with E-state index in [9.17, 15) is 0 Å². The predicted octanol–water partition coefficient (Wildman–Crippen LogP) is 2.98. The monoisotopic (exact) mass is 237 g/mol. The number of nitrogens with one attached hydrogen (secondary N) is 1. The number of benzene rings is 1. The van der Waals surface area contributed by atoms with Gasteiger partial charge >= 0.3 is 0 Å². The third-order valence-electron chi connectivity index (χ3n) is 3.16. The van der Waals surface area contributed by atoms with Gasteiger partial charge in [-0.3, -0.25) is 5.10 Å². The second-order valence-corrected chi connectivity index (χ2v) is 4.16. The Labute approximate surface area is 101 Å². The highest BCUT2D eigenvalue weighted by molar-refractivity contribution is 5.91. The summed E-state index contributed by atoms with van der Waals surface area (Å²) in [5, 5.41) is 8.38. The van der Waals surface area contributed by atoms with Gasteiger partial charge in [0, 0.05) is 24.2 Å². The van der Waals surface area contributed by atoms with Crippen LogP contribution in [0.4, 0.5) is 5.69 Å². The van der Waals surface area contributed by atoms with E-state index in [2.05, 4.69) is 33.3 Å². The van der Waals surface area contributed by atoms with Crippen molar-refractivity contribution in [3.8, 4) is 0 Å². The molecule has 3 rings (SSSR count). The summed E-state index contributed by atoms with van der Waals surface area (Å²) in [5.74, 6) is 0. The van der Waals surface area contributed by atoms with Crippen LogP contribution in [0.2, 0.25) is 0 Å². The van der Waals surface area contributed by atoms with Gasteiger partial charge in [0.05, 0.1) is 11.7 Å². The molecule has 1 fully saturated rings. The third-order valence-corrected chi connectivity index (χ3v) is 3.16. The first-order valence-electron chi connectivity index (χ1n) is 5.62. The van der Waals surface area contributed by atoms with Gasteiger partial charge in [0.2, 0.25) is 0 Å². The zero-order chi connectivity index (χ0) is 10.1. The Morgan fingerprint density at radius 1 is 1.12 bits per heavy atom. The molecule has 0 saturated carbocycles. The summed E-state index contributed by atoms with van der Waals surface area (Å²) in [7, 11) is 0. The summed E-state index contributed by atoms with van der Waals surface area (Å²) in [6, 6.07) is 6.38. The fraction of sp³-hybridized carbons (Fsp3) is 0.417. The fourth-order valence-corrected chi connectivity index (χ4v) is 2.36. The van der Waals surface area contributed by atoms with Gasteiger partial charge in [-0.15, -0.1) is 12.4 Å². The SMILES string of the molecule is Cl.c1cc(N2CCCCC2)c2cn[nH]c2c1. The molecule has 1 saturated heterocycles.